The van der Waals surface area contributed by atoms with Gasteiger partial charge in [0.15, 0.2) is 5.82 Å². The lowest BCUT2D eigenvalue weighted by molar-refractivity contribution is 0.0982. The third-order valence-corrected chi connectivity index (χ3v) is 9.67. The van der Waals surface area contributed by atoms with Gasteiger partial charge in [0.1, 0.15) is 16.5 Å². The molecule has 0 bridgehead atoms. The Balaban J connectivity index is 1.18. The molecule has 242 valence electrons. The average molecular weight is 678 g/mol. The van der Waals surface area contributed by atoms with Crippen molar-refractivity contribution in [3.05, 3.63) is 46.1 Å². The molecule has 3 aliphatic rings. The number of likely N-dealkylation sites (N-methyl/N-ethyl adjacent to an activating group) is 1. The van der Waals surface area contributed by atoms with Gasteiger partial charge in [0.25, 0.3) is 0 Å². The Kier molecular flexibility index (Phi) is 9.34. The van der Waals surface area contributed by atoms with Gasteiger partial charge in [-0.1, -0.05) is 23.2 Å². The van der Waals surface area contributed by atoms with Crippen LogP contribution in [-0.2, 0) is 16.4 Å². The molecule has 45 heavy (non-hydrogen) atoms. The Labute approximate surface area is 274 Å². The molecule has 0 atom stereocenters. The molecule has 3 aliphatic heterocycles. The Morgan fingerprint density at radius 3 is 2.42 bits per heavy atom. The summed E-state index contributed by atoms with van der Waals surface area (Å²) in [6, 6.07) is 7.85. The molecule has 0 amide bonds. The molecular formula is C30H38Cl2N8O4S. The lowest BCUT2D eigenvalue weighted by atomic mass is 10.0. The van der Waals surface area contributed by atoms with Gasteiger partial charge < -0.3 is 29.9 Å². The lowest BCUT2D eigenvalue weighted by Crippen LogP contribution is -2.52. The molecular weight excluding hydrogens is 639 g/mol. The van der Waals surface area contributed by atoms with Gasteiger partial charge in [0.05, 0.1) is 53.9 Å². The van der Waals surface area contributed by atoms with Crippen LogP contribution in [0.2, 0.25) is 10.0 Å². The minimum Gasteiger partial charge on any atom is -0.494 e. The first-order valence-electron chi connectivity index (χ1n) is 15.0. The quantitative estimate of drug-likeness (QED) is 0.289. The van der Waals surface area contributed by atoms with Gasteiger partial charge >= 0.3 is 0 Å². The molecule has 0 spiro atoms. The molecule has 0 unspecified atom stereocenters. The van der Waals surface area contributed by atoms with Crippen molar-refractivity contribution < 1.29 is 17.9 Å². The number of methoxy groups -OCH3 is 1. The molecule has 3 N–H and O–H groups in total. The minimum atomic E-state index is -3.54. The average Bonchev–Trinajstić information content (AvgIpc) is 3.46. The summed E-state index contributed by atoms with van der Waals surface area (Å²) < 4.78 is 38.1. The minimum absolute atomic E-state index is 0.243. The van der Waals surface area contributed by atoms with Crippen molar-refractivity contribution in [1.29, 1.82) is 0 Å². The fourth-order valence-corrected chi connectivity index (χ4v) is 7.08. The van der Waals surface area contributed by atoms with Crippen LogP contribution < -0.4 is 29.7 Å². The second-order valence-electron chi connectivity index (χ2n) is 11.7. The van der Waals surface area contributed by atoms with Crippen molar-refractivity contribution >= 4 is 67.7 Å². The highest BCUT2D eigenvalue weighted by Crippen LogP contribution is 2.40. The number of rotatable bonds is 9. The number of ether oxygens (including phenoxy) is 2. The van der Waals surface area contributed by atoms with E-state index in [1.807, 2.05) is 12.1 Å². The van der Waals surface area contributed by atoms with E-state index in [0.717, 1.165) is 69.6 Å². The molecule has 1 aromatic heterocycles. The molecule has 4 heterocycles. The van der Waals surface area contributed by atoms with Gasteiger partial charge in [0.2, 0.25) is 16.0 Å². The van der Waals surface area contributed by atoms with Crippen molar-refractivity contribution in [2.75, 3.05) is 86.5 Å². The zero-order valence-corrected chi connectivity index (χ0v) is 27.9. The summed E-state index contributed by atoms with van der Waals surface area (Å²) in [4.78, 5) is 16.3. The van der Waals surface area contributed by atoms with Gasteiger partial charge in [-0.05, 0) is 37.6 Å². The standard InChI is InChI=1S/C30H38Cl2N8O4S/c1-38-9-11-39(12-10-38)20-4-7-40(8-5-20)26-17-28(43-2)25(15-21(26)31)35-30-33-18-22(32)29(36-30)34-23-16-27-19(6-13-44-27)14-24(23)37-45(3,41)42/h14-18,20,37H,4-13H2,1-3H3,(H2,33,34,35,36). The predicted octanol–water partition coefficient (Wildman–Crippen LogP) is 4.80. The molecule has 0 radical (unpaired) electrons. The number of anilines is 6. The molecule has 12 nitrogen and oxygen atoms in total. The van der Waals surface area contributed by atoms with E-state index in [4.69, 9.17) is 32.7 Å². The molecule has 6 rings (SSSR count). The number of benzene rings is 2. The van der Waals surface area contributed by atoms with Crippen molar-refractivity contribution in [2.24, 2.45) is 0 Å². The van der Waals surface area contributed by atoms with E-state index in [-0.39, 0.29) is 16.8 Å². The van der Waals surface area contributed by atoms with Crippen LogP contribution in [0.4, 0.5) is 34.5 Å². The highest BCUT2D eigenvalue weighted by atomic mass is 35.5. The largest absolute Gasteiger partial charge is 0.494 e. The first-order valence-corrected chi connectivity index (χ1v) is 17.6. The second kappa shape index (κ2) is 13.2. The Hall–Kier alpha value is -3.23. The lowest BCUT2D eigenvalue weighted by Gasteiger charge is -2.42. The Morgan fingerprint density at radius 2 is 1.71 bits per heavy atom. The maximum Gasteiger partial charge on any atom is 0.229 e. The van der Waals surface area contributed by atoms with E-state index in [0.29, 0.717) is 52.7 Å². The van der Waals surface area contributed by atoms with Crippen LogP contribution in [0, 0.1) is 0 Å². The van der Waals surface area contributed by atoms with Crippen LogP contribution >= 0.6 is 23.2 Å². The number of piperazine rings is 1. The van der Waals surface area contributed by atoms with Crippen LogP contribution in [0.5, 0.6) is 11.5 Å². The van der Waals surface area contributed by atoms with E-state index in [1.165, 1.54) is 6.20 Å². The monoisotopic (exact) mass is 676 g/mol. The second-order valence-corrected chi connectivity index (χ2v) is 14.2. The van der Waals surface area contributed by atoms with E-state index < -0.39 is 10.0 Å². The zero-order chi connectivity index (χ0) is 31.7. The third-order valence-electron chi connectivity index (χ3n) is 8.50. The number of aromatic nitrogens is 2. The van der Waals surface area contributed by atoms with E-state index in [9.17, 15) is 8.42 Å². The van der Waals surface area contributed by atoms with Gasteiger partial charge in [-0.3, -0.25) is 9.62 Å². The summed E-state index contributed by atoms with van der Waals surface area (Å²) >= 11 is 13.3. The highest BCUT2D eigenvalue weighted by molar-refractivity contribution is 7.92. The molecule has 0 aliphatic carbocycles. The molecule has 2 fully saturated rings. The van der Waals surface area contributed by atoms with Crippen molar-refractivity contribution in [3.63, 3.8) is 0 Å². The number of fused-ring (bicyclic) bond motifs is 1. The summed E-state index contributed by atoms with van der Waals surface area (Å²) in [5.41, 5.74) is 3.24. The number of hydrogen-bond acceptors (Lipinski definition) is 11. The van der Waals surface area contributed by atoms with Crippen LogP contribution in [0.3, 0.4) is 0 Å². The Morgan fingerprint density at radius 1 is 0.956 bits per heavy atom. The van der Waals surface area contributed by atoms with Crippen molar-refractivity contribution in [2.45, 2.75) is 25.3 Å². The molecule has 0 saturated carbocycles. The van der Waals surface area contributed by atoms with E-state index in [1.54, 1.807) is 19.2 Å². The first-order chi connectivity index (χ1) is 21.6. The summed E-state index contributed by atoms with van der Waals surface area (Å²) in [5, 5.41) is 7.18. The van der Waals surface area contributed by atoms with Gasteiger partial charge in [-0.2, -0.15) is 4.98 Å². The predicted molar refractivity (Wildman–Crippen MR) is 180 cm³/mol. The number of nitrogens with one attached hydrogen (secondary N) is 3. The Bertz CT molecular complexity index is 1660. The van der Waals surface area contributed by atoms with E-state index in [2.05, 4.69) is 47.1 Å². The maximum absolute atomic E-state index is 12.1. The summed E-state index contributed by atoms with van der Waals surface area (Å²) in [5.74, 6) is 1.78. The summed E-state index contributed by atoms with van der Waals surface area (Å²) in [7, 11) is 0.252. The fraction of sp³-hybridized carbons (Fsp3) is 0.467. The first kappa shape index (κ1) is 31.7. The number of halogens is 2. The number of nitrogens with zero attached hydrogens (tertiary/aromatic N) is 5. The number of sulfonamides is 1. The van der Waals surface area contributed by atoms with Crippen molar-refractivity contribution in [1.82, 2.24) is 19.8 Å². The van der Waals surface area contributed by atoms with Crippen LogP contribution in [-0.4, -0.2) is 101 Å². The highest BCUT2D eigenvalue weighted by Gasteiger charge is 2.28. The normalized spacial score (nSPS) is 17.9. The summed E-state index contributed by atoms with van der Waals surface area (Å²) in [6.07, 6.45) is 5.43. The zero-order valence-electron chi connectivity index (χ0n) is 25.6. The molecule has 2 aromatic carbocycles. The smallest absolute Gasteiger partial charge is 0.229 e. The molecule has 3 aromatic rings. The molecule has 15 heteroatoms. The number of piperidine rings is 1. The maximum atomic E-state index is 12.1. The van der Waals surface area contributed by atoms with Gasteiger partial charge in [-0.15, -0.1) is 0 Å². The van der Waals surface area contributed by atoms with Crippen LogP contribution in [0.1, 0.15) is 18.4 Å². The number of hydrogen-bond donors (Lipinski definition) is 3. The van der Waals surface area contributed by atoms with Gasteiger partial charge in [0, 0.05) is 63.9 Å². The van der Waals surface area contributed by atoms with E-state index >= 15 is 0 Å². The van der Waals surface area contributed by atoms with Crippen LogP contribution in [0.15, 0.2) is 30.5 Å². The summed E-state index contributed by atoms with van der Waals surface area (Å²) in [6.45, 7) is 6.87. The van der Waals surface area contributed by atoms with Crippen molar-refractivity contribution in [3.8, 4) is 11.5 Å². The van der Waals surface area contributed by atoms with Crippen LogP contribution in [0.25, 0.3) is 0 Å². The van der Waals surface area contributed by atoms with Gasteiger partial charge in [-0.25, -0.2) is 13.4 Å². The third kappa shape index (κ3) is 7.44. The molecule has 2 saturated heterocycles. The topological polar surface area (TPSA) is 124 Å². The fourth-order valence-electron chi connectivity index (χ4n) is 6.09. The SMILES string of the molecule is COc1cc(N2CCC(N3CCN(C)CC3)CC2)c(Cl)cc1Nc1ncc(Cl)c(Nc2cc3c(cc2NS(C)(=O)=O)CCO3)n1.